The third-order valence-corrected chi connectivity index (χ3v) is 3.19. The summed E-state index contributed by atoms with van der Waals surface area (Å²) in [7, 11) is 0. The van der Waals surface area contributed by atoms with Crippen molar-refractivity contribution in [3.63, 3.8) is 0 Å². The average molecular weight is 279 g/mol. The fourth-order valence-electron chi connectivity index (χ4n) is 1.95. The Kier molecular flexibility index (Phi) is 3.54. The molecule has 7 nitrogen and oxygen atoms in total. The number of quaternary nitrogens is 1. The lowest BCUT2D eigenvalue weighted by molar-refractivity contribution is 0.183. The van der Waals surface area contributed by atoms with Crippen LogP contribution in [0, 0.1) is 0 Å². The highest BCUT2D eigenvalue weighted by atomic mass is 32.1. The number of carboxylic acid groups (broad SMARTS) is 1. The van der Waals surface area contributed by atoms with Gasteiger partial charge in [0, 0.05) is 17.4 Å². The number of nitrogens with zero attached hydrogens (tertiary/aromatic N) is 5. The zero-order chi connectivity index (χ0) is 14.0. The summed E-state index contributed by atoms with van der Waals surface area (Å²) in [5.74, 6) is 0.0868. The van der Waals surface area contributed by atoms with E-state index in [1.165, 1.54) is 0 Å². The molecule has 0 saturated carbocycles. The summed E-state index contributed by atoms with van der Waals surface area (Å²) in [6, 6.07) is 9.13. The Morgan fingerprint density at radius 3 is 2.53 bits per heavy atom. The summed E-state index contributed by atoms with van der Waals surface area (Å²) in [4.78, 5) is 11.1. The van der Waals surface area contributed by atoms with E-state index in [0.717, 1.165) is 5.69 Å². The molecule has 1 N–H and O–H groups in total. The van der Waals surface area contributed by atoms with Crippen LogP contribution < -0.4 is 4.59 Å². The molecule has 2 rings (SSSR count). The Bertz CT molecular complexity index is 545. The fourth-order valence-corrected chi connectivity index (χ4v) is 2.11. The molecule has 0 fully saturated rings. The number of hydrogen-bond acceptors (Lipinski definition) is 5. The summed E-state index contributed by atoms with van der Waals surface area (Å²) in [6.07, 6.45) is -1.28. The first-order valence-electron chi connectivity index (χ1n) is 5.65. The van der Waals surface area contributed by atoms with E-state index in [1.807, 2.05) is 44.2 Å². The number of benzene rings is 1. The zero-order valence-electron chi connectivity index (χ0n) is 10.5. The van der Waals surface area contributed by atoms with Crippen LogP contribution in [-0.4, -0.2) is 27.5 Å². The number of carbonyl (C=O) groups is 1. The second kappa shape index (κ2) is 4.98. The number of hydrogen-bond donors (Lipinski definition) is 1. The number of amides is 1. The van der Waals surface area contributed by atoms with Gasteiger partial charge in [-0.3, -0.25) is 0 Å². The molecule has 1 aromatic carbocycles. The van der Waals surface area contributed by atoms with Crippen molar-refractivity contribution in [3.05, 3.63) is 30.3 Å². The maximum absolute atomic E-state index is 11.1. The van der Waals surface area contributed by atoms with E-state index in [4.69, 9.17) is 17.9 Å². The number of rotatable bonds is 2. The van der Waals surface area contributed by atoms with Crippen LogP contribution in [0.4, 0.5) is 10.5 Å². The van der Waals surface area contributed by atoms with Crippen molar-refractivity contribution in [1.29, 1.82) is 0 Å². The van der Waals surface area contributed by atoms with Crippen molar-refractivity contribution in [2.24, 2.45) is 15.5 Å². The van der Waals surface area contributed by atoms with Crippen molar-refractivity contribution in [2.75, 3.05) is 0 Å². The van der Waals surface area contributed by atoms with E-state index >= 15 is 0 Å². The summed E-state index contributed by atoms with van der Waals surface area (Å²) in [6.45, 7) is 3.80. The minimum atomic E-state index is -1.28. The van der Waals surface area contributed by atoms with E-state index in [-0.39, 0.29) is 16.6 Å². The van der Waals surface area contributed by atoms with Gasteiger partial charge in [-0.05, 0) is 18.9 Å². The van der Waals surface area contributed by atoms with E-state index in [2.05, 4.69) is 15.5 Å². The lowest BCUT2D eigenvalue weighted by Gasteiger charge is -2.36. The second-order valence-corrected chi connectivity index (χ2v) is 4.64. The molecule has 1 unspecified atom stereocenters. The monoisotopic (exact) mass is 279 g/mol. The van der Waals surface area contributed by atoms with E-state index in [9.17, 15) is 4.79 Å². The zero-order valence-corrected chi connectivity index (χ0v) is 11.3. The maximum atomic E-state index is 11.1. The molecule has 1 amide bonds. The highest BCUT2D eigenvalue weighted by Crippen LogP contribution is 2.32. The maximum Gasteiger partial charge on any atom is 0.394 e. The normalized spacial score (nSPS) is 21.6. The van der Waals surface area contributed by atoms with Crippen LogP contribution >= 0.6 is 0 Å². The molecular formula is C11H13N5O2S. The molecule has 1 aromatic rings. The van der Waals surface area contributed by atoms with Gasteiger partial charge in [0.25, 0.3) is 0 Å². The molecule has 100 valence electrons. The summed E-state index contributed by atoms with van der Waals surface area (Å²) in [5.41, 5.74) is 0.758. The molecule has 0 spiro atoms. The van der Waals surface area contributed by atoms with Crippen molar-refractivity contribution >= 4 is 30.6 Å². The summed E-state index contributed by atoms with van der Waals surface area (Å²) in [5, 5.41) is 20.6. The Labute approximate surface area is 116 Å². The molecule has 8 heteroatoms. The van der Waals surface area contributed by atoms with Crippen molar-refractivity contribution in [2.45, 2.75) is 19.9 Å². The molecule has 1 aliphatic heterocycles. The van der Waals surface area contributed by atoms with Crippen LogP contribution in [-0.2, 0) is 12.8 Å². The lowest BCUT2D eigenvalue weighted by atomic mass is 10.2. The molecule has 0 saturated heterocycles. The highest BCUT2D eigenvalue weighted by Gasteiger charge is 2.47. The van der Waals surface area contributed by atoms with Gasteiger partial charge in [-0.15, -0.1) is 0 Å². The molecule has 1 aliphatic rings. The van der Waals surface area contributed by atoms with E-state index in [0.29, 0.717) is 4.31 Å². The van der Waals surface area contributed by atoms with Gasteiger partial charge in [-0.2, -0.15) is 0 Å². The number of para-hydroxylation sites is 1. The first-order valence-corrected chi connectivity index (χ1v) is 6.02. The topological polar surface area (TPSA) is 77.6 Å². The van der Waals surface area contributed by atoms with E-state index < -0.39 is 6.09 Å². The molecule has 19 heavy (non-hydrogen) atoms. The summed E-state index contributed by atoms with van der Waals surface area (Å²) < 4.78 is 0.476. The van der Waals surface area contributed by atoms with Crippen molar-refractivity contribution in [1.82, 2.24) is 8.90 Å². The van der Waals surface area contributed by atoms with Crippen LogP contribution in [0.2, 0.25) is 0 Å². The average Bonchev–Trinajstić information content (AvgIpc) is 2.84. The number of guanidine groups is 1. The predicted molar refractivity (Wildman–Crippen MR) is 72.9 cm³/mol. The van der Waals surface area contributed by atoms with E-state index in [1.54, 1.807) is 0 Å². The molecule has 1 atom stereocenters. The van der Waals surface area contributed by atoms with Gasteiger partial charge < -0.3 is 22.2 Å². The van der Waals surface area contributed by atoms with Gasteiger partial charge in [0.2, 0.25) is 0 Å². The Morgan fingerprint density at radius 2 is 2.00 bits per heavy atom. The minimum absolute atomic E-state index is 0.0868. The van der Waals surface area contributed by atoms with Crippen molar-refractivity contribution < 1.29 is 9.90 Å². The molecule has 0 aliphatic carbocycles. The first kappa shape index (κ1) is 13.5. The Balaban J connectivity index is 2.55. The smallest absolute Gasteiger partial charge is 0.394 e. The Hall–Kier alpha value is -1.93. The predicted octanol–water partition coefficient (Wildman–Crippen LogP) is 2.50. The van der Waals surface area contributed by atoms with Gasteiger partial charge in [-0.1, -0.05) is 22.8 Å². The van der Waals surface area contributed by atoms with Gasteiger partial charge in [-0.25, -0.2) is 4.79 Å². The molecule has 1 heterocycles. The van der Waals surface area contributed by atoms with Crippen LogP contribution in [0.3, 0.4) is 0 Å². The lowest BCUT2D eigenvalue weighted by Crippen LogP contribution is -2.59. The highest BCUT2D eigenvalue weighted by molar-refractivity contribution is 7.57. The third kappa shape index (κ3) is 2.08. The molecule has 0 aromatic heterocycles. The van der Waals surface area contributed by atoms with Crippen LogP contribution in [0.15, 0.2) is 45.9 Å². The summed E-state index contributed by atoms with van der Waals surface area (Å²) >= 11 is 4.86. The van der Waals surface area contributed by atoms with Crippen LogP contribution in [0.5, 0.6) is 0 Å². The second-order valence-electron chi connectivity index (χ2n) is 4.27. The first-order chi connectivity index (χ1) is 9.00. The van der Waals surface area contributed by atoms with Crippen molar-refractivity contribution in [3.8, 4) is 0 Å². The van der Waals surface area contributed by atoms with Gasteiger partial charge in [0.1, 0.15) is 6.04 Å². The third-order valence-electron chi connectivity index (χ3n) is 2.87. The SMILES string of the molecule is CC(C)[N+]1(c2ccccc2)N=NN=C1N([S-])C(=O)O. The van der Waals surface area contributed by atoms with Crippen LogP contribution in [0.1, 0.15) is 13.8 Å². The van der Waals surface area contributed by atoms with Crippen LogP contribution in [0.25, 0.3) is 0 Å². The van der Waals surface area contributed by atoms with Gasteiger partial charge in [0.15, 0.2) is 5.69 Å². The van der Waals surface area contributed by atoms with Gasteiger partial charge in [0.05, 0.1) is 5.22 Å². The Morgan fingerprint density at radius 1 is 1.37 bits per heavy atom. The molecular weight excluding hydrogens is 266 g/mol. The largest absolute Gasteiger partial charge is 0.648 e. The molecule has 0 bridgehead atoms. The standard InChI is InChI=1S/C11H13N5O2S/c1-8(2)16(9-6-4-3-5-7-9)10(12-13-14-16)15(19)11(17)18/h3-8H,1-2H3,(H,17,18). The van der Waals surface area contributed by atoms with Gasteiger partial charge >= 0.3 is 12.1 Å². The molecule has 0 radical (unpaired) electrons. The quantitative estimate of drug-likeness (QED) is 0.667. The minimum Gasteiger partial charge on any atom is -0.648 e. The fraction of sp³-hybridized carbons (Fsp3) is 0.273.